The van der Waals surface area contributed by atoms with Crippen molar-refractivity contribution in [2.24, 2.45) is 0 Å². The smallest absolute Gasteiger partial charge is 0.251 e. The Morgan fingerprint density at radius 3 is 2.67 bits per heavy atom. The third-order valence-corrected chi connectivity index (χ3v) is 5.15. The summed E-state index contributed by atoms with van der Waals surface area (Å²) >= 11 is 12.4. The van der Waals surface area contributed by atoms with E-state index in [0.717, 1.165) is 41.7 Å². The molecule has 6 heteroatoms. The SMILES string of the molecule is CCCCNC(=O)c1ccc2nc(CC)n(Cc3ccc(Cl)cc3Cl)c2c1. The summed E-state index contributed by atoms with van der Waals surface area (Å²) in [6.45, 7) is 5.44. The average Bonchev–Trinajstić information content (AvgIpc) is 3.01. The van der Waals surface area contributed by atoms with Crippen LogP contribution in [0, 0.1) is 0 Å². The molecule has 0 aliphatic carbocycles. The number of carbonyl (C=O) groups is 1. The quantitative estimate of drug-likeness (QED) is 0.530. The number of amides is 1. The van der Waals surface area contributed by atoms with E-state index in [0.29, 0.717) is 28.7 Å². The van der Waals surface area contributed by atoms with Crippen molar-refractivity contribution in [1.82, 2.24) is 14.9 Å². The zero-order valence-corrected chi connectivity index (χ0v) is 17.1. The number of carbonyl (C=O) groups excluding carboxylic acids is 1. The van der Waals surface area contributed by atoms with Gasteiger partial charge in [0.1, 0.15) is 5.82 Å². The number of imidazole rings is 1. The standard InChI is InChI=1S/C21H23Cl2N3O/c1-3-5-10-24-21(27)14-7-9-18-19(11-14)26(20(4-2)25-18)13-15-6-8-16(22)12-17(15)23/h6-9,11-12H,3-5,10,13H2,1-2H3,(H,24,27). The van der Waals surface area contributed by atoms with Gasteiger partial charge in [-0.05, 0) is 42.3 Å². The number of fused-ring (bicyclic) bond motifs is 1. The van der Waals surface area contributed by atoms with Crippen LogP contribution in [0.4, 0.5) is 0 Å². The molecule has 0 aliphatic rings. The molecule has 3 rings (SSSR count). The van der Waals surface area contributed by atoms with Gasteiger partial charge in [0.25, 0.3) is 5.91 Å². The van der Waals surface area contributed by atoms with Crippen molar-refractivity contribution < 1.29 is 4.79 Å². The van der Waals surface area contributed by atoms with Crippen molar-refractivity contribution in [1.29, 1.82) is 0 Å². The third kappa shape index (κ3) is 4.45. The molecule has 4 nitrogen and oxygen atoms in total. The summed E-state index contributed by atoms with van der Waals surface area (Å²) in [5.74, 6) is 0.903. The summed E-state index contributed by atoms with van der Waals surface area (Å²) < 4.78 is 2.12. The predicted octanol–water partition coefficient (Wildman–Crippen LogP) is 5.48. The molecule has 0 aliphatic heterocycles. The number of benzene rings is 2. The number of hydrogen-bond acceptors (Lipinski definition) is 2. The number of aromatic nitrogens is 2. The molecule has 0 saturated carbocycles. The van der Waals surface area contributed by atoms with Gasteiger partial charge in [-0.15, -0.1) is 0 Å². The first-order valence-electron chi connectivity index (χ1n) is 9.24. The molecule has 0 fully saturated rings. The van der Waals surface area contributed by atoms with Gasteiger partial charge in [-0.1, -0.05) is 49.5 Å². The minimum atomic E-state index is -0.0549. The molecule has 142 valence electrons. The fourth-order valence-corrected chi connectivity index (χ4v) is 3.53. The van der Waals surface area contributed by atoms with Crippen molar-refractivity contribution >= 4 is 40.1 Å². The maximum atomic E-state index is 12.4. The predicted molar refractivity (Wildman–Crippen MR) is 112 cm³/mol. The van der Waals surface area contributed by atoms with Crippen LogP contribution in [-0.4, -0.2) is 22.0 Å². The molecule has 0 bridgehead atoms. The van der Waals surface area contributed by atoms with E-state index in [4.69, 9.17) is 28.2 Å². The summed E-state index contributed by atoms with van der Waals surface area (Å²) in [6.07, 6.45) is 2.81. The second-order valence-corrected chi connectivity index (χ2v) is 7.36. The normalized spacial score (nSPS) is 11.1. The largest absolute Gasteiger partial charge is 0.352 e. The molecule has 1 aromatic heterocycles. The monoisotopic (exact) mass is 403 g/mol. The van der Waals surface area contributed by atoms with E-state index in [1.165, 1.54) is 0 Å². The van der Waals surface area contributed by atoms with E-state index in [2.05, 4.69) is 23.7 Å². The highest BCUT2D eigenvalue weighted by molar-refractivity contribution is 6.35. The van der Waals surface area contributed by atoms with Gasteiger partial charge in [-0.2, -0.15) is 0 Å². The number of rotatable bonds is 7. The van der Waals surface area contributed by atoms with Crippen LogP contribution in [0.25, 0.3) is 11.0 Å². The molecule has 1 N–H and O–H groups in total. The minimum absolute atomic E-state index is 0.0549. The molecular formula is C21H23Cl2N3O. The fourth-order valence-electron chi connectivity index (χ4n) is 3.06. The van der Waals surface area contributed by atoms with Crippen molar-refractivity contribution in [2.45, 2.75) is 39.7 Å². The number of nitrogens with one attached hydrogen (secondary N) is 1. The lowest BCUT2D eigenvalue weighted by atomic mass is 10.1. The van der Waals surface area contributed by atoms with E-state index in [9.17, 15) is 4.79 Å². The van der Waals surface area contributed by atoms with Crippen LogP contribution in [-0.2, 0) is 13.0 Å². The third-order valence-electron chi connectivity index (χ3n) is 4.57. The summed E-state index contributed by atoms with van der Waals surface area (Å²) in [4.78, 5) is 17.1. The van der Waals surface area contributed by atoms with Gasteiger partial charge < -0.3 is 9.88 Å². The second kappa shape index (κ2) is 8.77. The molecule has 0 radical (unpaired) electrons. The van der Waals surface area contributed by atoms with Crippen molar-refractivity contribution in [3.8, 4) is 0 Å². The molecule has 1 amide bonds. The van der Waals surface area contributed by atoms with Crippen LogP contribution >= 0.6 is 23.2 Å². The second-order valence-electron chi connectivity index (χ2n) is 6.52. The minimum Gasteiger partial charge on any atom is -0.352 e. The Morgan fingerprint density at radius 1 is 1.15 bits per heavy atom. The van der Waals surface area contributed by atoms with E-state index in [1.54, 1.807) is 6.07 Å². The Balaban J connectivity index is 1.97. The van der Waals surface area contributed by atoms with E-state index >= 15 is 0 Å². The van der Waals surface area contributed by atoms with Crippen LogP contribution in [0.5, 0.6) is 0 Å². The zero-order chi connectivity index (χ0) is 19.4. The molecule has 27 heavy (non-hydrogen) atoms. The Hall–Kier alpha value is -2.04. The average molecular weight is 404 g/mol. The van der Waals surface area contributed by atoms with E-state index < -0.39 is 0 Å². The first-order chi connectivity index (χ1) is 13.0. The van der Waals surface area contributed by atoms with Crippen LogP contribution in [0.2, 0.25) is 10.0 Å². The lowest BCUT2D eigenvalue weighted by Crippen LogP contribution is -2.24. The fraction of sp³-hybridized carbons (Fsp3) is 0.333. The number of halogens is 2. The molecule has 2 aromatic carbocycles. The lowest BCUT2D eigenvalue weighted by Gasteiger charge is -2.11. The number of unbranched alkanes of at least 4 members (excludes halogenated alkanes) is 1. The van der Waals surface area contributed by atoms with E-state index in [1.807, 2.05) is 30.3 Å². The summed E-state index contributed by atoms with van der Waals surface area (Å²) in [6, 6.07) is 11.2. The lowest BCUT2D eigenvalue weighted by molar-refractivity contribution is 0.0953. The van der Waals surface area contributed by atoms with Gasteiger partial charge in [-0.3, -0.25) is 4.79 Å². The Bertz CT molecular complexity index is 965. The van der Waals surface area contributed by atoms with Crippen molar-refractivity contribution in [2.75, 3.05) is 6.54 Å². The number of aryl methyl sites for hydroxylation is 1. The maximum Gasteiger partial charge on any atom is 0.251 e. The number of nitrogens with zero attached hydrogens (tertiary/aromatic N) is 2. The first-order valence-corrected chi connectivity index (χ1v) is 10.00. The van der Waals surface area contributed by atoms with Crippen molar-refractivity contribution in [3.63, 3.8) is 0 Å². The summed E-state index contributed by atoms with van der Waals surface area (Å²) in [5.41, 5.74) is 3.42. The highest BCUT2D eigenvalue weighted by atomic mass is 35.5. The van der Waals surface area contributed by atoms with Gasteiger partial charge in [0.2, 0.25) is 0 Å². The molecule has 0 unspecified atom stereocenters. The highest BCUT2D eigenvalue weighted by Crippen LogP contribution is 2.25. The Morgan fingerprint density at radius 2 is 1.96 bits per heavy atom. The first kappa shape index (κ1) is 19.7. The molecule has 0 spiro atoms. The molecular weight excluding hydrogens is 381 g/mol. The Kier molecular flexibility index (Phi) is 6.40. The van der Waals surface area contributed by atoms with Gasteiger partial charge in [-0.25, -0.2) is 4.98 Å². The van der Waals surface area contributed by atoms with Crippen LogP contribution < -0.4 is 5.32 Å². The number of hydrogen-bond donors (Lipinski definition) is 1. The van der Waals surface area contributed by atoms with Crippen LogP contribution in [0.3, 0.4) is 0 Å². The molecule has 0 saturated heterocycles. The topological polar surface area (TPSA) is 46.9 Å². The highest BCUT2D eigenvalue weighted by Gasteiger charge is 2.14. The van der Waals surface area contributed by atoms with Gasteiger partial charge in [0.05, 0.1) is 17.6 Å². The molecule has 1 heterocycles. The summed E-state index contributed by atoms with van der Waals surface area (Å²) in [5, 5.41) is 4.20. The zero-order valence-electron chi connectivity index (χ0n) is 15.6. The van der Waals surface area contributed by atoms with Crippen LogP contribution in [0.15, 0.2) is 36.4 Å². The van der Waals surface area contributed by atoms with Gasteiger partial charge in [0, 0.05) is 28.6 Å². The van der Waals surface area contributed by atoms with Gasteiger partial charge in [0.15, 0.2) is 0 Å². The Labute approximate surface area is 169 Å². The maximum absolute atomic E-state index is 12.4. The molecule has 0 atom stereocenters. The van der Waals surface area contributed by atoms with E-state index in [-0.39, 0.29) is 5.91 Å². The van der Waals surface area contributed by atoms with Crippen LogP contribution in [0.1, 0.15) is 48.4 Å². The summed E-state index contributed by atoms with van der Waals surface area (Å²) in [7, 11) is 0. The van der Waals surface area contributed by atoms with Gasteiger partial charge >= 0.3 is 0 Å². The van der Waals surface area contributed by atoms with Crippen molar-refractivity contribution in [3.05, 3.63) is 63.4 Å². The molecule has 3 aromatic rings.